The Balaban J connectivity index is 0.00000338. The molecule has 4 amide bonds. The Kier molecular flexibility index (Phi) is 9.59. The van der Waals surface area contributed by atoms with Gasteiger partial charge in [0.1, 0.15) is 17.6 Å². The zero-order valence-electron chi connectivity index (χ0n) is 15.0. The van der Waals surface area contributed by atoms with Gasteiger partial charge in [-0.05, 0) is 25.7 Å². The van der Waals surface area contributed by atoms with Crippen LogP contribution in [-0.2, 0) is 19.2 Å². The Bertz CT molecular complexity index is 593. The lowest BCUT2D eigenvalue weighted by Gasteiger charge is -2.35. The monoisotopic (exact) mass is 423 g/mol. The summed E-state index contributed by atoms with van der Waals surface area (Å²) in [5.74, 6) is -2.14. The molecule has 2 rings (SSSR count). The molecule has 1 spiro atoms. The number of hydrogen-bond donors (Lipinski definition) is 4. The van der Waals surface area contributed by atoms with Crippen LogP contribution in [-0.4, -0.2) is 75.9 Å². The van der Waals surface area contributed by atoms with E-state index in [1.807, 2.05) is 0 Å². The van der Waals surface area contributed by atoms with Crippen molar-refractivity contribution in [3.63, 3.8) is 0 Å². The summed E-state index contributed by atoms with van der Waals surface area (Å²) < 4.78 is 0. The van der Waals surface area contributed by atoms with Crippen LogP contribution in [0.3, 0.4) is 0 Å². The van der Waals surface area contributed by atoms with E-state index in [-0.39, 0.29) is 52.3 Å². The summed E-state index contributed by atoms with van der Waals surface area (Å²) in [6, 6.07) is -2.03. The fourth-order valence-electron chi connectivity index (χ4n) is 3.77. The predicted octanol–water partition coefficient (Wildman–Crippen LogP) is -2.76. The molecule has 0 saturated carbocycles. The molecule has 7 N–H and O–H groups in total. The second-order valence-electron chi connectivity index (χ2n) is 6.59. The van der Waals surface area contributed by atoms with Crippen molar-refractivity contribution in [2.24, 2.45) is 17.2 Å². The van der Waals surface area contributed by atoms with Gasteiger partial charge in [-0.3, -0.25) is 19.2 Å². The second-order valence-corrected chi connectivity index (χ2v) is 6.59. The summed E-state index contributed by atoms with van der Waals surface area (Å²) in [6.45, 7) is 0.115. The molecule has 1 unspecified atom stereocenters. The number of primary amides is 2. The van der Waals surface area contributed by atoms with Gasteiger partial charge in [-0.1, -0.05) is 0 Å². The van der Waals surface area contributed by atoms with Gasteiger partial charge in [0.05, 0.1) is 6.61 Å². The van der Waals surface area contributed by atoms with E-state index in [2.05, 4.69) is 0 Å². The summed E-state index contributed by atoms with van der Waals surface area (Å²) in [7, 11) is 0. The Labute approximate surface area is 171 Å². The minimum absolute atomic E-state index is 0. The van der Waals surface area contributed by atoms with Crippen LogP contribution in [0.1, 0.15) is 32.1 Å². The zero-order valence-corrected chi connectivity index (χ0v) is 17.0. The quantitative estimate of drug-likeness (QED) is 0.345. The maximum Gasteiger partial charge on any atom is 0.249 e. The molecule has 0 aliphatic carbocycles. The number of likely N-dealkylation sites (tertiary alicyclic amines) is 2. The van der Waals surface area contributed by atoms with Gasteiger partial charge in [-0.2, -0.15) is 27.0 Å². The number of nitrogens with zero attached hydrogens (tertiary/aromatic N) is 2. The van der Waals surface area contributed by atoms with Crippen molar-refractivity contribution in [2.75, 3.05) is 19.7 Å². The first-order valence-electron chi connectivity index (χ1n) is 8.31. The number of nitrogens with two attached hydrogens (primary N) is 3. The van der Waals surface area contributed by atoms with Crippen molar-refractivity contribution >= 4 is 50.6 Å². The third-order valence-corrected chi connectivity index (χ3v) is 5.06. The summed E-state index contributed by atoms with van der Waals surface area (Å²) >= 11 is 0. The van der Waals surface area contributed by atoms with Gasteiger partial charge in [-0.25, -0.2) is 0 Å². The first-order chi connectivity index (χ1) is 11.7. The maximum atomic E-state index is 13.1. The van der Waals surface area contributed by atoms with E-state index in [0.717, 1.165) is 0 Å². The largest absolute Gasteiger partial charge is 0.394 e. The molecule has 2 heterocycles. The number of aliphatic hydroxyl groups is 1. The molecule has 0 radical (unpaired) electrons. The van der Waals surface area contributed by atoms with E-state index in [4.69, 9.17) is 22.3 Å². The maximum absolute atomic E-state index is 13.1. The Morgan fingerprint density at radius 1 is 1.15 bits per heavy atom. The fraction of sp³-hybridized carbons (Fsp3) is 0.733. The molecule has 2 aliphatic heterocycles. The number of rotatable bonds is 7. The third-order valence-electron chi connectivity index (χ3n) is 5.06. The van der Waals surface area contributed by atoms with Crippen molar-refractivity contribution in [3.8, 4) is 0 Å². The highest BCUT2D eigenvalue weighted by atomic mass is 32.1. The molecule has 0 aromatic carbocycles. The summed E-state index contributed by atoms with van der Waals surface area (Å²) in [6.07, 6.45) is 1.44. The van der Waals surface area contributed by atoms with Crippen LogP contribution in [0.5, 0.6) is 0 Å². The molecule has 27 heavy (non-hydrogen) atoms. The number of hydrogen-bond acceptors (Lipinski definition) is 6. The van der Waals surface area contributed by atoms with E-state index >= 15 is 0 Å². The molecule has 0 bridgehead atoms. The molecule has 0 aromatic heterocycles. The normalized spacial score (nSPS) is 23.6. The van der Waals surface area contributed by atoms with E-state index < -0.39 is 42.0 Å². The Morgan fingerprint density at radius 2 is 1.78 bits per heavy atom. The first-order valence-corrected chi connectivity index (χ1v) is 8.31. The second kappa shape index (κ2) is 10.2. The van der Waals surface area contributed by atoms with E-state index in [0.29, 0.717) is 25.8 Å². The van der Waals surface area contributed by atoms with Crippen LogP contribution in [0.2, 0.25) is 0 Å². The summed E-state index contributed by atoms with van der Waals surface area (Å²) in [5.41, 5.74) is 15.1. The lowest BCUT2D eigenvalue weighted by molar-refractivity contribution is -0.150. The van der Waals surface area contributed by atoms with Crippen LogP contribution >= 0.6 is 27.0 Å². The van der Waals surface area contributed by atoms with Gasteiger partial charge in [0.15, 0.2) is 0 Å². The summed E-state index contributed by atoms with van der Waals surface area (Å²) in [4.78, 5) is 51.0. The Morgan fingerprint density at radius 3 is 2.30 bits per heavy atom. The van der Waals surface area contributed by atoms with Crippen LogP contribution in [0, 0.1) is 0 Å². The Hall–Kier alpha value is -1.50. The number of aliphatic hydroxyl groups excluding tert-OH is 1. The molecule has 2 aliphatic rings. The average Bonchev–Trinajstić information content (AvgIpc) is 3.12. The van der Waals surface area contributed by atoms with Crippen LogP contribution < -0.4 is 17.2 Å². The molecule has 0 aromatic rings. The van der Waals surface area contributed by atoms with Crippen LogP contribution in [0.15, 0.2) is 0 Å². The van der Waals surface area contributed by atoms with Crippen LogP contribution in [0.25, 0.3) is 0 Å². The highest BCUT2D eigenvalue weighted by Crippen LogP contribution is 2.40. The van der Waals surface area contributed by atoms with Gasteiger partial charge in [-0.15, -0.1) is 0 Å². The lowest BCUT2D eigenvalue weighted by Crippen LogP contribution is -2.58. The molecular formula is C15H29N5O5S2. The van der Waals surface area contributed by atoms with Gasteiger partial charge < -0.3 is 32.1 Å². The van der Waals surface area contributed by atoms with Crippen molar-refractivity contribution in [1.82, 2.24) is 9.80 Å². The lowest BCUT2D eigenvalue weighted by atomic mass is 9.93. The highest BCUT2D eigenvalue weighted by Gasteiger charge is 2.56. The molecule has 12 heteroatoms. The van der Waals surface area contributed by atoms with Crippen molar-refractivity contribution in [1.29, 1.82) is 0 Å². The molecule has 3 atom stereocenters. The third kappa shape index (κ3) is 4.86. The number of carbonyl (C=O) groups excluding carboxylic acids is 4. The topological polar surface area (TPSA) is 173 Å². The van der Waals surface area contributed by atoms with Gasteiger partial charge in [0.2, 0.25) is 23.6 Å². The minimum Gasteiger partial charge on any atom is -0.394 e. The molecule has 10 nitrogen and oxygen atoms in total. The molecule has 156 valence electrons. The number of amides is 4. The van der Waals surface area contributed by atoms with Gasteiger partial charge in [0, 0.05) is 19.5 Å². The van der Waals surface area contributed by atoms with Crippen molar-refractivity contribution < 1.29 is 24.3 Å². The van der Waals surface area contributed by atoms with Crippen molar-refractivity contribution in [2.45, 2.75) is 49.7 Å². The molecular weight excluding hydrogens is 394 g/mol. The van der Waals surface area contributed by atoms with E-state index in [1.54, 1.807) is 0 Å². The smallest absolute Gasteiger partial charge is 0.249 e. The highest BCUT2D eigenvalue weighted by molar-refractivity contribution is 7.59. The van der Waals surface area contributed by atoms with E-state index in [9.17, 15) is 19.2 Å². The predicted molar refractivity (Wildman–Crippen MR) is 107 cm³/mol. The average molecular weight is 424 g/mol. The van der Waals surface area contributed by atoms with E-state index in [1.165, 1.54) is 9.80 Å². The first kappa shape index (κ1) is 25.5. The summed E-state index contributed by atoms with van der Waals surface area (Å²) in [5, 5.41) is 9.12. The zero-order chi connectivity index (χ0) is 18.8. The number of carbonyl (C=O) groups is 4. The standard InChI is InChI=1S/C15H25N5O5.2H2S/c16-9(8-21)13(24)20-6-1-4-15(20)5-7-19(14(15)25)10(12(18)23)2-3-11(17)22;;/h9-10,21H,1-8,16H2,(H2,17,22)(H2,18,23);2*1H2/t9-,10-,15?;;/m0../s1. The van der Waals surface area contributed by atoms with Crippen molar-refractivity contribution in [3.05, 3.63) is 0 Å². The minimum atomic E-state index is -1.08. The SMILES string of the molecule is NC(=O)CC[C@@H](C(N)=O)N1CCC2(CCCN2C(=O)[C@@H](N)CO)C1=O.S.S. The van der Waals surface area contributed by atoms with Gasteiger partial charge >= 0.3 is 0 Å². The molecule has 2 saturated heterocycles. The molecule has 2 fully saturated rings. The van der Waals surface area contributed by atoms with Crippen LogP contribution in [0.4, 0.5) is 0 Å². The fourth-order valence-corrected chi connectivity index (χ4v) is 3.77. The van der Waals surface area contributed by atoms with Gasteiger partial charge in [0.25, 0.3) is 0 Å².